The Balaban J connectivity index is 0.00000288. The van der Waals surface area contributed by atoms with Crippen molar-refractivity contribution in [1.82, 2.24) is 10.6 Å². The Morgan fingerprint density at radius 2 is 1.96 bits per heavy atom. The fraction of sp³-hybridized carbons (Fsp3) is 0.562. The van der Waals surface area contributed by atoms with Crippen LogP contribution in [0.1, 0.15) is 12.5 Å². The highest BCUT2D eigenvalue weighted by atomic mass is 35.5. The molecule has 1 aliphatic rings. The summed E-state index contributed by atoms with van der Waals surface area (Å²) in [4.78, 5) is 12.3. The number of benzene rings is 1. The molecule has 0 radical (unpaired) electrons. The monoisotopic (exact) mass is 360 g/mol. The number of amides is 1. The molecule has 24 heavy (non-hydrogen) atoms. The summed E-state index contributed by atoms with van der Waals surface area (Å²) in [6.45, 7) is 3.50. The molecular weight excluding hydrogens is 336 g/mol. The topological polar surface area (TPSA) is 78.1 Å². The molecule has 2 rings (SSSR count). The third kappa shape index (κ3) is 4.43. The van der Waals surface area contributed by atoms with Gasteiger partial charge in [0.15, 0.2) is 11.5 Å². The van der Waals surface area contributed by atoms with Crippen LogP contribution >= 0.6 is 12.4 Å². The van der Waals surface area contributed by atoms with Crippen LogP contribution in [0.4, 0.5) is 0 Å². The lowest BCUT2D eigenvalue weighted by molar-refractivity contribution is -0.129. The molecule has 1 amide bonds. The van der Waals surface area contributed by atoms with E-state index in [4.69, 9.17) is 18.9 Å². The highest BCUT2D eigenvalue weighted by Gasteiger charge is 2.28. The van der Waals surface area contributed by atoms with Crippen molar-refractivity contribution in [2.45, 2.75) is 25.6 Å². The molecule has 1 aromatic carbocycles. The summed E-state index contributed by atoms with van der Waals surface area (Å²) < 4.78 is 21.5. The molecule has 2 N–H and O–H groups in total. The van der Waals surface area contributed by atoms with E-state index < -0.39 is 0 Å². The Hall–Kier alpha value is -1.70. The number of ether oxygens (including phenoxy) is 4. The molecule has 136 valence electrons. The second kappa shape index (κ2) is 9.56. The molecule has 1 aromatic rings. The standard InChI is InChI=1S/C16H24N2O5.ClH/c1-10-13(17-7-8-23-10)16(19)18-9-11-5-6-12(20-2)15(22-4)14(11)21-3;/h5-6,10,13,17H,7-9H2,1-4H3,(H,18,19);1H/t10-,13+;/m1./s1. The van der Waals surface area contributed by atoms with Gasteiger partial charge in [0.05, 0.1) is 34.0 Å². The van der Waals surface area contributed by atoms with Gasteiger partial charge in [-0.25, -0.2) is 0 Å². The van der Waals surface area contributed by atoms with E-state index in [0.717, 1.165) is 5.56 Å². The number of rotatable bonds is 6. The molecule has 0 saturated carbocycles. The molecule has 0 bridgehead atoms. The first-order valence-electron chi connectivity index (χ1n) is 7.52. The summed E-state index contributed by atoms with van der Waals surface area (Å²) in [5, 5.41) is 6.07. The molecule has 0 aromatic heterocycles. The average Bonchev–Trinajstić information content (AvgIpc) is 2.58. The lowest BCUT2D eigenvalue weighted by atomic mass is 10.1. The third-order valence-electron chi connectivity index (χ3n) is 3.84. The number of hydrogen-bond acceptors (Lipinski definition) is 6. The number of nitrogens with one attached hydrogen (secondary N) is 2. The quantitative estimate of drug-likeness (QED) is 0.791. The van der Waals surface area contributed by atoms with Crippen LogP contribution in [0.5, 0.6) is 17.2 Å². The predicted molar refractivity (Wildman–Crippen MR) is 92.4 cm³/mol. The molecule has 1 heterocycles. The van der Waals surface area contributed by atoms with Gasteiger partial charge in [-0.15, -0.1) is 12.4 Å². The van der Waals surface area contributed by atoms with Gasteiger partial charge in [0.1, 0.15) is 6.04 Å². The zero-order chi connectivity index (χ0) is 16.8. The van der Waals surface area contributed by atoms with E-state index >= 15 is 0 Å². The Bertz CT molecular complexity index is 556. The highest BCUT2D eigenvalue weighted by molar-refractivity contribution is 5.85. The lowest BCUT2D eigenvalue weighted by Gasteiger charge is -2.29. The minimum Gasteiger partial charge on any atom is -0.493 e. The fourth-order valence-electron chi connectivity index (χ4n) is 2.62. The molecule has 7 nitrogen and oxygen atoms in total. The molecule has 0 spiro atoms. The zero-order valence-corrected chi connectivity index (χ0v) is 15.2. The molecule has 1 fully saturated rings. The van der Waals surface area contributed by atoms with E-state index in [1.165, 1.54) is 0 Å². The predicted octanol–water partition coefficient (Wildman–Crippen LogP) is 1.13. The van der Waals surface area contributed by atoms with Crippen LogP contribution in [-0.2, 0) is 16.1 Å². The van der Waals surface area contributed by atoms with Crippen molar-refractivity contribution in [3.05, 3.63) is 17.7 Å². The Labute approximate surface area is 148 Å². The summed E-state index contributed by atoms with van der Waals surface area (Å²) in [5.74, 6) is 1.53. The first kappa shape index (κ1) is 20.3. The van der Waals surface area contributed by atoms with Gasteiger partial charge in [0.2, 0.25) is 11.7 Å². The van der Waals surface area contributed by atoms with Gasteiger partial charge in [-0.1, -0.05) is 0 Å². The van der Waals surface area contributed by atoms with Gasteiger partial charge in [-0.2, -0.15) is 0 Å². The van der Waals surface area contributed by atoms with Crippen molar-refractivity contribution in [2.75, 3.05) is 34.5 Å². The fourth-order valence-corrected chi connectivity index (χ4v) is 2.62. The zero-order valence-electron chi connectivity index (χ0n) is 14.4. The van der Waals surface area contributed by atoms with Gasteiger partial charge in [0, 0.05) is 18.7 Å². The van der Waals surface area contributed by atoms with Crippen LogP contribution in [0.2, 0.25) is 0 Å². The molecule has 1 aliphatic heterocycles. The van der Waals surface area contributed by atoms with Gasteiger partial charge >= 0.3 is 0 Å². The minimum atomic E-state index is -0.352. The second-order valence-electron chi connectivity index (χ2n) is 5.22. The van der Waals surface area contributed by atoms with Gasteiger partial charge in [-0.05, 0) is 19.1 Å². The van der Waals surface area contributed by atoms with Crippen LogP contribution in [0.3, 0.4) is 0 Å². The van der Waals surface area contributed by atoms with E-state index in [1.54, 1.807) is 27.4 Å². The van der Waals surface area contributed by atoms with Crippen LogP contribution in [0, 0.1) is 0 Å². The second-order valence-corrected chi connectivity index (χ2v) is 5.22. The molecule has 2 atom stereocenters. The van der Waals surface area contributed by atoms with Crippen LogP contribution < -0.4 is 24.8 Å². The summed E-state index contributed by atoms with van der Waals surface area (Å²) in [7, 11) is 4.67. The number of hydrogen-bond donors (Lipinski definition) is 2. The maximum absolute atomic E-state index is 12.3. The smallest absolute Gasteiger partial charge is 0.240 e. The largest absolute Gasteiger partial charge is 0.493 e. The van der Waals surface area contributed by atoms with E-state index in [9.17, 15) is 4.79 Å². The summed E-state index contributed by atoms with van der Waals surface area (Å²) >= 11 is 0. The number of morpholine rings is 1. The lowest BCUT2D eigenvalue weighted by Crippen LogP contribution is -2.55. The number of carbonyl (C=O) groups excluding carboxylic acids is 1. The Kier molecular flexibility index (Phi) is 8.10. The maximum Gasteiger partial charge on any atom is 0.240 e. The van der Waals surface area contributed by atoms with Crippen LogP contribution in [0.15, 0.2) is 12.1 Å². The Morgan fingerprint density at radius 3 is 2.54 bits per heavy atom. The minimum absolute atomic E-state index is 0. The number of methoxy groups -OCH3 is 3. The highest BCUT2D eigenvalue weighted by Crippen LogP contribution is 2.39. The molecule has 0 aliphatic carbocycles. The van der Waals surface area contributed by atoms with Crippen LogP contribution in [-0.4, -0.2) is 52.5 Å². The Morgan fingerprint density at radius 1 is 1.25 bits per heavy atom. The van der Waals surface area contributed by atoms with Gasteiger partial charge in [0.25, 0.3) is 0 Å². The summed E-state index contributed by atoms with van der Waals surface area (Å²) in [5.41, 5.74) is 0.808. The van der Waals surface area contributed by atoms with E-state index in [1.807, 2.05) is 13.0 Å². The average molecular weight is 361 g/mol. The van der Waals surface area contributed by atoms with Gasteiger partial charge in [-0.3, -0.25) is 4.79 Å². The van der Waals surface area contributed by atoms with Crippen LogP contribution in [0.25, 0.3) is 0 Å². The van der Waals surface area contributed by atoms with Crippen molar-refractivity contribution < 1.29 is 23.7 Å². The summed E-state index contributed by atoms with van der Waals surface area (Å²) in [6.07, 6.45) is -0.156. The van der Waals surface area contributed by atoms with Gasteiger partial charge < -0.3 is 29.6 Å². The molecule has 8 heteroatoms. The van der Waals surface area contributed by atoms with Crippen molar-refractivity contribution >= 4 is 18.3 Å². The van der Waals surface area contributed by atoms with E-state index in [2.05, 4.69) is 10.6 Å². The maximum atomic E-state index is 12.3. The van der Waals surface area contributed by atoms with E-state index in [0.29, 0.717) is 36.9 Å². The normalized spacial score (nSPS) is 19.8. The van der Waals surface area contributed by atoms with Crippen molar-refractivity contribution in [1.29, 1.82) is 0 Å². The number of carbonyl (C=O) groups is 1. The number of halogens is 1. The first-order valence-corrected chi connectivity index (χ1v) is 7.52. The third-order valence-corrected chi connectivity index (χ3v) is 3.84. The van der Waals surface area contributed by atoms with Crippen molar-refractivity contribution in [3.63, 3.8) is 0 Å². The van der Waals surface area contributed by atoms with Crippen molar-refractivity contribution in [2.24, 2.45) is 0 Å². The molecule has 0 unspecified atom stereocenters. The molecular formula is C16H25ClN2O5. The summed E-state index contributed by atoms with van der Waals surface area (Å²) in [6, 6.07) is 3.28. The SMILES string of the molecule is COc1ccc(CNC(=O)[C@H]2NCCO[C@@H]2C)c(OC)c1OC.Cl. The van der Waals surface area contributed by atoms with E-state index in [-0.39, 0.29) is 30.5 Å². The first-order chi connectivity index (χ1) is 11.1. The molecule has 1 saturated heterocycles. The van der Waals surface area contributed by atoms with Crippen molar-refractivity contribution in [3.8, 4) is 17.2 Å².